The molecule has 0 saturated heterocycles. The van der Waals surface area contributed by atoms with Crippen LogP contribution in [0.4, 0.5) is 4.79 Å². The maximum atomic E-state index is 12.4. The van der Waals surface area contributed by atoms with Gasteiger partial charge in [-0.2, -0.15) is 5.10 Å². The molecule has 2 heterocycles. The van der Waals surface area contributed by atoms with Gasteiger partial charge in [0.1, 0.15) is 0 Å². The molecule has 0 spiro atoms. The van der Waals surface area contributed by atoms with Crippen molar-refractivity contribution in [1.82, 2.24) is 25.4 Å². The number of nitrogens with zero attached hydrogens (tertiary/aromatic N) is 3. The maximum Gasteiger partial charge on any atom is 0.318 e. The van der Waals surface area contributed by atoms with Crippen molar-refractivity contribution in [2.75, 3.05) is 7.05 Å². The van der Waals surface area contributed by atoms with Crippen LogP contribution >= 0.6 is 11.3 Å². The third-order valence-corrected chi connectivity index (χ3v) is 5.21. The van der Waals surface area contributed by atoms with E-state index in [0.29, 0.717) is 12.5 Å². The Kier molecular flexibility index (Phi) is 4.39. The first kappa shape index (κ1) is 16.0. The van der Waals surface area contributed by atoms with E-state index in [1.807, 2.05) is 20.8 Å². The number of hydrogen-bond acceptors (Lipinski definition) is 4. The van der Waals surface area contributed by atoms with Crippen LogP contribution in [-0.4, -0.2) is 33.2 Å². The van der Waals surface area contributed by atoms with Gasteiger partial charge in [-0.25, -0.2) is 9.78 Å². The molecule has 124 valence electrons. The second-order valence-electron chi connectivity index (χ2n) is 6.21. The van der Waals surface area contributed by atoms with Gasteiger partial charge in [-0.3, -0.25) is 5.10 Å². The van der Waals surface area contributed by atoms with Crippen molar-refractivity contribution in [1.29, 1.82) is 0 Å². The molecule has 2 N–H and O–H groups in total. The lowest BCUT2D eigenvalue weighted by atomic mass is 10.2. The van der Waals surface area contributed by atoms with Crippen LogP contribution in [0.2, 0.25) is 0 Å². The van der Waals surface area contributed by atoms with Gasteiger partial charge in [0, 0.05) is 17.8 Å². The van der Waals surface area contributed by atoms with E-state index < -0.39 is 0 Å². The number of aryl methyl sites for hydroxylation is 2. The summed E-state index contributed by atoms with van der Waals surface area (Å²) in [5.41, 5.74) is 3.04. The van der Waals surface area contributed by atoms with Crippen molar-refractivity contribution >= 4 is 17.4 Å². The third-order valence-electron chi connectivity index (χ3n) is 4.31. The van der Waals surface area contributed by atoms with Gasteiger partial charge in [0.25, 0.3) is 0 Å². The summed E-state index contributed by atoms with van der Waals surface area (Å²) in [5, 5.41) is 11.3. The molecule has 1 saturated carbocycles. The number of carbonyl (C=O) groups excluding carboxylic acids is 1. The molecule has 2 amide bonds. The minimum atomic E-state index is -0.106. The molecule has 1 aliphatic rings. The first-order valence-electron chi connectivity index (χ1n) is 7.94. The van der Waals surface area contributed by atoms with Crippen LogP contribution in [0.5, 0.6) is 0 Å². The van der Waals surface area contributed by atoms with E-state index in [4.69, 9.17) is 0 Å². The Bertz CT molecular complexity index is 703. The number of nitrogens with one attached hydrogen (secondary N) is 2. The van der Waals surface area contributed by atoms with Gasteiger partial charge in [0.15, 0.2) is 0 Å². The Morgan fingerprint density at radius 3 is 2.87 bits per heavy atom. The molecule has 1 atom stereocenters. The van der Waals surface area contributed by atoms with E-state index in [9.17, 15) is 4.79 Å². The molecule has 0 radical (unpaired) electrons. The van der Waals surface area contributed by atoms with Gasteiger partial charge in [0.05, 0.1) is 34.7 Å². The lowest BCUT2D eigenvalue weighted by molar-refractivity contribution is 0.193. The smallest absolute Gasteiger partial charge is 0.318 e. The quantitative estimate of drug-likeness (QED) is 0.882. The van der Waals surface area contributed by atoms with Gasteiger partial charge < -0.3 is 10.2 Å². The van der Waals surface area contributed by atoms with Crippen LogP contribution < -0.4 is 5.32 Å². The summed E-state index contributed by atoms with van der Waals surface area (Å²) < 4.78 is 0. The van der Waals surface area contributed by atoms with Crippen molar-refractivity contribution in [3.05, 3.63) is 33.0 Å². The predicted octanol–water partition coefficient (Wildman–Crippen LogP) is 3.26. The zero-order valence-electron chi connectivity index (χ0n) is 14.0. The van der Waals surface area contributed by atoms with Crippen molar-refractivity contribution in [3.8, 4) is 0 Å². The molecular formula is C16H23N5OS. The minimum Gasteiger partial charge on any atom is -0.332 e. The molecule has 1 aliphatic carbocycles. The fourth-order valence-corrected chi connectivity index (χ4v) is 3.55. The Labute approximate surface area is 140 Å². The zero-order chi connectivity index (χ0) is 16.6. The van der Waals surface area contributed by atoms with Gasteiger partial charge in [-0.1, -0.05) is 0 Å². The van der Waals surface area contributed by atoms with E-state index in [1.165, 1.54) is 12.8 Å². The molecule has 0 unspecified atom stereocenters. The maximum absolute atomic E-state index is 12.4. The number of H-pyrrole nitrogens is 1. The number of amides is 2. The summed E-state index contributed by atoms with van der Waals surface area (Å²) in [6.45, 7) is 6.50. The summed E-state index contributed by atoms with van der Waals surface area (Å²) in [4.78, 5) is 19.8. The van der Waals surface area contributed by atoms with Crippen LogP contribution in [0.15, 0.2) is 6.07 Å². The standard InChI is InChI=1S/C16H23N5OS/c1-9(15-10(2)23-11(3)18-15)21(4)16(22)17-8-13-7-14(20-19-13)12-5-6-12/h7,9,12H,5-6,8H2,1-4H3,(H,17,22)(H,19,20)/t9-/m0/s1. The molecule has 2 aromatic rings. The number of aromatic nitrogens is 3. The molecule has 0 bridgehead atoms. The fraction of sp³-hybridized carbons (Fsp3) is 0.562. The molecular weight excluding hydrogens is 310 g/mol. The highest BCUT2D eigenvalue weighted by Crippen LogP contribution is 2.38. The molecule has 6 nitrogen and oxygen atoms in total. The van der Waals surface area contributed by atoms with Crippen LogP contribution in [0.1, 0.15) is 58.7 Å². The van der Waals surface area contributed by atoms with E-state index in [2.05, 4.69) is 26.6 Å². The summed E-state index contributed by atoms with van der Waals surface area (Å²) in [6, 6.07) is 1.89. The first-order chi connectivity index (χ1) is 11.0. The van der Waals surface area contributed by atoms with Crippen LogP contribution in [0.3, 0.4) is 0 Å². The number of rotatable bonds is 5. The summed E-state index contributed by atoms with van der Waals surface area (Å²) in [7, 11) is 1.80. The van der Waals surface area contributed by atoms with E-state index in [1.54, 1.807) is 23.3 Å². The number of thiazole rings is 1. The fourth-order valence-electron chi connectivity index (χ4n) is 2.65. The molecule has 7 heteroatoms. The third kappa shape index (κ3) is 3.55. The van der Waals surface area contributed by atoms with E-state index in [0.717, 1.165) is 27.0 Å². The van der Waals surface area contributed by atoms with Crippen molar-refractivity contribution in [2.24, 2.45) is 0 Å². The van der Waals surface area contributed by atoms with E-state index >= 15 is 0 Å². The number of hydrogen-bond donors (Lipinski definition) is 2. The van der Waals surface area contributed by atoms with Gasteiger partial charge in [-0.05, 0) is 39.7 Å². The lowest BCUT2D eigenvalue weighted by Gasteiger charge is -2.24. The highest BCUT2D eigenvalue weighted by Gasteiger charge is 2.26. The minimum absolute atomic E-state index is 0.0521. The van der Waals surface area contributed by atoms with Crippen LogP contribution in [0.25, 0.3) is 0 Å². The Morgan fingerprint density at radius 1 is 1.52 bits per heavy atom. The molecule has 23 heavy (non-hydrogen) atoms. The molecule has 0 aromatic carbocycles. The van der Waals surface area contributed by atoms with Gasteiger partial charge in [-0.15, -0.1) is 11.3 Å². The Hall–Kier alpha value is -1.89. The second kappa shape index (κ2) is 6.31. The molecule has 0 aliphatic heterocycles. The van der Waals surface area contributed by atoms with Gasteiger partial charge in [0.2, 0.25) is 0 Å². The summed E-state index contributed by atoms with van der Waals surface area (Å²) >= 11 is 1.67. The van der Waals surface area contributed by atoms with Crippen molar-refractivity contribution in [3.63, 3.8) is 0 Å². The highest BCUT2D eigenvalue weighted by molar-refractivity contribution is 7.11. The summed E-state index contributed by atoms with van der Waals surface area (Å²) in [5.74, 6) is 0.620. The highest BCUT2D eigenvalue weighted by atomic mass is 32.1. The van der Waals surface area contributed by atoms with Gasteiger partial charge >= 0.3 is 6.03 Å². The Balaban J connectivity index is 1.57. The largest absolute Gasteiger partial charge is 0.332 e. The Morgan fingerprint density at radius 2 is 2.26 bits per heavy atom. The van der Waals surface area contributed by atoms with Crippen molar-refractivity contribution in [2.45, 2.75) is 52.1 Å². The average Bonchev–Trinajstić information content (AvgIpc) is 3.17. The lowest BCUT2D eigenvalue weighted by Crippen LogP contribution is -2.38. The first-order valence-corrected chi connectivity index (χ1v) is 8.76. The average molecular weight is 333 g/mol. The normalized spacial score (nSPS) is 15.5. The van der Waals surface area contributed by atoms with Crippen LogP contribution in [-0.2, 0) is 6.54 Å². The predicted molar refractivity (Wildman–Crippen MR) is 90.6 cm³/mol. The number of urea groups is 1. The molecule has 3 rings (SSSR count). The number of aromatic amines is 1. The number of carbonyl (C=O) groups is 1. The molecule has 2 aromatic heterocycles. The van der Waals surface area contributed by atoms with Crippen molar-refractivity contribution < 1.29 is 4.79 Å². The summed E-state index contributed by atoms with van der Waals surface area (Å²) in [6.07, 6.45) is 2.45. The second-order valence-corrected chi connectivity index (χ2v) is 7.62. The monoisotopic (exact) mass is 333 g/mol. The SMILES string of the molecule is Cc1nc([C@H](C)N(C)C(=O)NCc2cc(C3CC3)n[nH]2)c(C)s1. The topological polar surface area (TPSA) is 73.9 Å². The molecule has 1 fully saturated rings. The van der Waals surface area contributed by atoms with Crippen LogP contribution in [0, 0.1) is 13.8 Å². The van der Waals surface area contributed by atoms with E-state index in [-0.39, 0.29) is 12.1 Å². The zero-order valence-corrected chi connectivity index (χ0v) is 14.8.